The molecular weight excluding hydrogens is 486 g/mol. The lowest BCUT2D eigenvalue weighted by Crippen LogP contribution is -2.43. The molecule has 4 rings (SSSR count). The average molecular weight is 507 g/mol. The van der Waals surface area contributed by atoms with Gasteiger partial charge in [-0.05, 0) is 52.7 Å². The Morgan fingerprint density at radius 1 is 1.27 bits per heavy atom. The normalized spacial score (nSPS) is 11.3. The number of rotatable bonds is 3. The molecular formula is C21H21BrClN3O3Si. The van der Waals surface area contributed by atoms with E-state index in [9.17, 15) is 4.79 Å². The lowest BCUT2D eigenvalue weighted by Gasteiger charge is -2.20. The summed E-state index contributed by atoms with van der Waals surface area (Å²) in [4.78, 5) is 13.7. The highest BCUT2D eigenvalue weighted by atomic mass is 79.9. The van der Waals surface area contributed by atoms with Gasteiger partial charge in [-0.3, -0.25) is 0 Å². The Bertz CT molecular complexity index is 1190. The molecule has 0 fully saturated rings. The monoisotopic (exact) mass is 505 g/mol. The number of carbonyl (C=O) groups is 1. The lowest BCUT2D eigenvalue weighted by atomic mass is 10.2. The highest BCUT2D eigenvalue weighted by Gasteiger charge is 2.27. The first-order valence-electron chi connectivity index (χ1n) is 9.16. The molecule has 4 aromatic heterocycles. The number of hydrogen-bond donors (Lipinski definition) is 1. The molecule has 0 spiro atoms. The van der Waals surface area contributed by atoms with Gasteiger partial charge in [-0.1, -0.05) is 37.3 Å². The number of furan rings is 1. The van der Waals surface area contributed by atoms with E-state index in [1.54, 1.807) is 24.7 Å². The van der Waals surface area contributed by atoms with E-state index in [-0.39, 0.29) is 5.69 Å². The molecule has 0 aromatic carbocycles. The van der Waals surface area contributed by atoms with Crippen molar-refractivity contribution in [3.05, 3.63) is 69.8 Å². The summed E-state index contributed by atoms with van der Waals surface area (Å²) >= 11 is 10.2. The third kappa shape index (κ3) is 4.50. The van der Waals surface area contributed by atoms with Crippen molar-refractivity contribution in [1.29, 1.82) is 0 Å². The maximum absolute atomic E-state index is 10.1. The zero-order valence-electron chi connectivity index (χ0n) is 17.0. The second-order valence-corrected chi connectivity index (χ2v) is 13.9. The summed E-state index contributed by atoms with van der Waals surface area (Å²) in [5, 5.41) is 15.1. The van der Waals surface area contributed by atoms with Crippen LogP contribution in [0.3, 0.4) is 0 Å². The largest absolute Gasteiger partial charge is 0.477 e. The maximum atomic E-state index is 10.1. The Balaban J connectivity index is 0.000000239. The second kappa shape index (κ2) is 8.75. The van der Waals surface area contributed by atoms with Gasteiger partial charge >= 0.3 is 5.97 Å². The van der Waals surface area contributed by atoms with Crippen LogP contribution in [0, 0.1) is 6.92 Å². The van der Waals surface area contributed by atoms with Gasteiger partial charge in [0.15, 0.2) is 0 Å². The molecule has 0 saturated heterocycles. The van der Waals surface area contributed by atoms with Gasteiger partial charge in [0, 0.05) is 17.1 Å². The fraction of sp³-hybridized carbons (Fsp3) is 0.190. The zero-order chi connectivity index (χ0) is 22.1. The topological polar surface area (TPSA) is 80.6 Å². The van der Waals surface area contributed by atoms with E-state index in [0.717, 1.165) is 37.2 Å². The third-order valence-electron chi connectivity index (χ3n) is 4.37. The van der Waals surface area contributed by atoms with Crippen LogP contribution in [0.5, 0.6) is 0 Å². The first kappa shape index (κ1) is 22.3. The number of hydrogen-bond acceptors (Lipinski definition) is 4. The van der Waals surface area contributed by atoms with E-state index < -0.39 is 14.0 Å². The third-order valence-corrected chi connectivity index (χ3v) is 7.47. The molecule has 0 amide bonds. The van der Waals surface area contributed by atoms with Crippen LogP contribution in [0.2, 0.25) is 24.7 Å². The molecule has 4 aromatic rings. The van der Waals surface area contributed by atoms with E-state index in [4.69, 9.17) is 26.2 Å². The molecule has 156 valence electrons. The van der Waals surface area contributed by atoms with Crippen molar-refractivity contribution < 1.29 is 14.3 Å². The van der Waals surface area contributed by atoms with Crippen LogP contribution in [-0.4, -0.2) is 33.7 Å². The minimum atomic E-state index is -1.64. The molecule has 0 bridgehead atoms. The zero-order valence-corrected chi connectivity index (χ0v) is 20.3. The van der Waals surface area contributed by atoms with Gasteiger partial charge in [-0.25, -0.2) is 14.3 Å². The first-order valence-corrected chi connectivity index (χ1v) is 13.8. The van der Waals surface area contributed by atoms with Crippen LogP contribution in [0.4, 0.5) is 0 Å². The molecule has 0 aliphatic rings. The number of halogens is 2. The number of nitrogens with zero attached hydrogens (tertiary/aromatic N) is 3. The standard InChI is InChI=1S/C15H16BrClN2OSi.C6H5NO2/c1-9-7-11(17)15(21(2,3)4)19-14(9)12(16)13(18-19)10-5-6-20-8-10;8-6(9)5-3-1-2-4-7-5/h5-8H,1-4H3;1-4H,(H,8,9). The molecule has 6 nitrogen and oxygen atoms in total. The minimum Gasteiger partial charge on any atom is -0.477 e. The van der Waals surface area contributed by atoms with Crippen LogP contribution in [-0.2, 0) is 0 Å². The number of pyridine rings is 2. The fourth-order valence-electron chi connectivity index (χ4n) is 3.08. The molecule has 1 N–H and O–H groups in total. The van der Waals surface area contributed by atoms with Crippen molar-refractivity contribution in [2.45, 2.75) is 26.6 Å². The highest BCUT2D eigenvalue weighted by Crippen LogP contribution is 2.34. The Morgan fingerprint density at radius 2 is 2.00 bits per heavy atom. The molecule has 0 saturated carbocycles. The average Bonchev–Trinajstić information content (AvgIpc) is 3.30. The maximum Gasteiger partial charge on any atom is 0.354 e. The molecule has 0 radical (unpaired) electrons. The van der Waals surface area contributed by atoms with Crippen molar-refractivity contribution in [1.82, 2.24) is 14.6 Å². The van der Waals surface area contributed by atoms with E-state index in [0.29, 0.717) is 0 Å². The molecule has 0 unspecified atom stereocenters. The van der Waals surface area contributed by atoms with Gasteiger partial charge in [0.2, 0.25) is 0 Å². The predicted octanol–water partition coefficient (Wildman–Crippen LogP) is 5.64. The molecule has 0 aliphatic carbocycles. The van der Waals surface area contributed by atoms with Crippen molar-refractivity contribution in [2.24, 2.45) is 0 Å². The van der Waals surface area contributed by atoms with Gasteiger partial charge < -0.3 is 9.52 Å². The van der Waals surface area contributed by atoms with Gasteiger partial charge in [0.05, 0.1) is 27.5 Å². The van der Waals surface area contributed by atoms with Gasteiger partial charge in [-0.15, -0.1) is 0 Å². The van der Waals surface area contributed by atoms with Crippen molar-refractivity contribution >= 4 is 52.4 Å². The summed E-state index contributed by atoms with van der Waals surface area (Å²) in [5.41, 5.74) is 4.11. The minimum absolute atomic E-state index is 0.0810. The van der Waals surface area contributed by atoms with Crippen molar-refractivity contribution in [3.63, 3.8) is 0 Å². The number of aromatic carboxylic acids is 1. The molecule has 0 atom stereocenters. The summed E-state index contributed by atoms with van der Waals surface area (Å²) in [6, 6.07) is 8.71. The van der Waals surface area contributed by atoms with Crippen LogP contribution >= 0.6 is 27.5 Å². The highest BCUT2D eigenvalue weighted by molar-refractivity contribution is 9.10. The van der Waals surface area contributed by atoms with Crippen molar-refractivity contribution in [3.8, 4) is 11.3 Å². The Kier molecular flexibility index (Phi) is 6.49. The van der Waals surface area contributed by atoms with Gasteiger partial charge in [0.1, 0.15) is 19.5 Å². The molecule has 4 heterocycles. The summed E-state index contributed by atoms with van der Waals surface area (Å²) in [6.45, 7) is 8.88. The molecule has 0 aliphatic heterocycles. The number of aromatic nitrogens is 3. The van der Waals surface area contributed by atoms with Crippen LogP contribution in [0.25, 0.3) is 16.8 Å². The number of aryl methyl sites for hydroxylation is 1. The second-order valence-electron chi connectivity index (χ2n) is 7.73. The van der Waals surface area contributed by atoms with Crippen LogP contribution in [0.1, 0.15) is 16.1 Å². The number of fused-ring (bicyclic) bond motifs is 1. The van der Waals surface area contributed by atoms with E-state index in [2.05, 4.69) is 47.5 Å². The summed E-state index contributed by atoms with van der Waals surface area (Å²) in [6.07, 6.45) is 4.81. The Hall–Kier alpha value is -2.42. The SMILES string of the molecule is Cc1cc(Cl)c([Si](C)(C)C)n2nc(-c3ccoc3)c(Br)c12.O=C(O)c1ccccn1. The van der Waals surface area contributed by atoms with Crippen molar-refractivity contribution in [2.75, 3.05) is 0 Å². The number of carboxylic acid groups (broad SMARTS) is 1. The number of carboxylic acids is 1. The van der Waals surface area contributed by atoms with Gasteiger partial charge in [-0.2, -0.15) is 5.10 Å². The lowest BCUT2D eigenvalue weighted by molar-refractivity contribution is 0.0690. The molecule has 30 heavy (non-hydrogen) atoms. The first-order chi connectivity index (χ1) is 14.1. The fourth-order valence-corrected chi connectivity index (χ4v) is 6.55. The summed E-state index contributed by atoms with van der Waals surface area (Å²) in [7, 11) is -1.64. The Labute approximate surface area is 188 Å². The van der Waals surface area contributed by atoms with Crippen LogP contribution in [0.15, 0.2) is 57.9 Å². The Morgan fingerprint density at radius 3 is 2.50 bits per heavy atom. The molecule has 9 heteroatoms. The smallest absolute Gasteiger partial charge is 0.354 e. The summed E-state index contributed by atoms with van der Waals surface area (Å²) in [5.74, 6) is -0.990. The predicted molar refractivity (Wildman–Crippen MR) is 125 cm³/mol. The van der Waals surface area contributed by atoms with E-state index in [1.807, 2.05) is 16.6 Å². The van der Waals surface area contributed by atoms with E-state index >= 15 is 0 Å². The van der Waals surface area contributed by atoms with Gasteiger partial charge in [0.25, 0.3) is 0 Å². The quantitative estimate of drug-likeness (QED) is 0.364. The van der Waals surface area contributed by atoms with Crippen LogP contribution < -0.4 is 5.32 Å². The summed E-state index contributed by atoms with van der Waals surface area (Å²) < 4.78 is 8.18. The van der Waals surface area contributed by atoms with E-state index in [1.165, 1.54) is 12.3 Å².